The van der Waals surface area contributed by atoms with Gasteiger partial charge in [0.2, 0.25) is 5.91 Å². The smallest absolute Gasteiger partial charge is 0.261 e. The summed E-state index contributed by atoms with van der Waals surface area (Å²) in [5.74, 6) is 0.705. The summed E-state index contributed by atoms with van der Waals surface area (Å²) in [7, 11) is 3.40. The number of nitrogens with zero attached hydrogens (tertiary/aromatic N) is 6. The Morgan fingerprint density at radius 3 is 2.65 bits per heavy atom. The van der Waals surface area contributed by atoms with Crippen molar-refractivity contribution in [2.24, 2.45) is 5.92 Å². The number of halogens is 1. The molecule has 174 valence electrons. The van der Waals surface area contributed by atoms with Gasteiger partial charge in [-0.2, -0.15) is 10.1 Å². The number of carbonyl (C=O) groups excluding carboxylic acids is 1. The van der Waals surface area contributed by atoms with Crippen molar-refractivity contribution in [2.75, 3.05) is 19.8 Å². The van der Waals surface area contributed by atoms with Crippen molar-refractivity contribution in [2.45, 2.75) is 25.3 Å². The van der Waals surface area contributed by atoms with E-state index in [0.29, 0.717) is 28.8 Å². The minimum Gasteiger partial charge on any atom is -0.381 e. The molecule has 10 heteroatoms. The fraction of sp³-hybridized carbons (Fsp3) is 0.292. The number of benzene rings is 1. The maximum atomic E-state index is 13.8. The average Bonchev–Trinajstić information content (AvgIpc) is 3.34. The van der Waals surface area contributed by atoms with Crippen LogP contribution in [0.2, 0.25) is 0 Å². The van der Waals surface area contributed by atoms with Crippen LogP contribution < -0.4 is 5.73 Å². The summed E-state index contributed by atoms with van der Waals surface area (Å²) in [4.78, 5) is 22.0. The highest BCUT2D eigenvalue weighted by molar-refractivity contribution is 5.75. The first-order valence-electron chi connectivity index (χ1n) is 11.0. The summed E-state index contributed by atoms with van der Waals surface area (Å²) >= 11 is 0. The van der Waals surface area contributed by atoms with Crippen LogP contribution in [0, 0.1) is 11.7 Å². The fourth-order valence-corrected chi connectivity index (χ4v) is 3.87. The number of nitrogen functional groups attached to an aromatic ring is 1. The molecule has 1 saturated carbocycles. The van der Waals surface area contributed by atoms with Crippen molar-refractivity contribution < 1.29 is 13.7 Å². The van der Waals surface area contributed by atoms with Crippen molar-refractivity contribution in [1.82, 2.24) is 29.8 Å². The molecule has 1 unspecified atom stereocenters. The number of anilines is 1. The number of nitrogens with two attached hydrogens (primary N) is 1. The molecule has 4 aromatic rings. The van der Waals surface area contributed by atoms with Gasteiger partial charge in [-0.05, 0) is 36.0 Å². The molecule has 1 amide bonds. The number of aromatic nitrogens is 5. The van der Waals surface area contributed by atoms with E-state index in [1.807, 2.05) is 24.3 Å². The lowest BCUT2D eigenvalue weighted by molar-refractivity contribution is -0.129. The molecule has 9 nitrogen and oxygen atoms in total. The fourth-order valence-electron chi connectivity index (χ4n) is 3.87. The van der Waals surface area contributed by atoms with E-state index in [9.17, 15) is 9.18 Å². The summed E-state index contributed by atoms with van der Waals surface area (Å²) in [6.45, 7) is 0.137. The van der Waals surface area contributed by atoms with Crippen LogP contribution in [-0.2, 0) is 11.3 Å². The van der Waals surface area contributed by atoms with E-state index in [4.69, 9.17) is 10.3 Å². The molecule has 0 bridgehead atoms. The van der Waals surface area contributed by atoms with Crippen molar-refractivity contribution >= 4 is 11.7 Å². The number of carbonyl (C=O) groups is 1. The number of amides is 1. The van der Waals surface area contributed by atoms with Gasteiger partial charge in [-0.1, -0.05) is 29.4 Å². The van der Waals surface area contributed by atoms with E-state index < -0.39 is 5.82 Å². The summed E-state index contributed by atoms with van der Waals surface area (Å²) in [6, 6.07) is 9.27. The van der Waals surface area contributed by atoms with Crippen molar-refractivity contribution in [3.63, 3.8) is 0 Å². The largest absolute Gasteiger partial charge is 0.381 e. The number of likely N-dealkylation sites (N-methyl/N-ethyl adjacent to an activating group) is 1. The number of rotatable bonds is 7. The quantitative estimate of drug-likeness (QED) is 0.449. The van der Waals surface area contributed by atoms with Gasteiger partial charge in [0.1, 0.15) is 6.54 Å². The van der Waals surface area contributed by atoms with Crippen LogP contribution in [0.4, 0.5) is 10.2 Å². The second-order valence-electron chi connectivity index (χ2n) is 8.70. The predicted molar refractivity (Wildman–Crippen MR) is 123 cm³/mol. The predicted octanol–water partition coefficient (Wildman–Crippen LogP) is 3.35. The lowest BCUT2D eigenvalue weighted by Crippen LogP contribution is -2.26. The maximum Gasteiger partial charge on any atom is 0.261 e. The maximum absolute atomic E-state index is 13.8. The highest BCUT2D eigenvalue weighted by Crippen LogP contribution is 2.46. The van der Waals surface area contributed by atoms with Crippen LogP contribution in [0.3, 0.4) is 0 Å². The monoisotopic (exact) mass is 461 g/mol. The molecule has 1 aromatic carbocycles. The lowest BCUT2D eigenvalue weighted by atomic mass is 9.92. The van der Waals surface area contributed by atoms with Crippen molar-refractivity contribution in [3.8, 4) is 22.6 Å². The van der Waals surface area contributed by atoms with Crippen LogP contribution in [0.25, 0.3) is 22.6 Å². The topological polar surface area (TPSA) is 116 Å². The van der Waals surface area contributed by atoms with E-state index in [2.05, 4.69) is 20.2 Å². The Morgan fingerprint density at radius 1 is 1.21 bits per heavy atom. The van der Waals surface area contributed by atoms with E-state index in [0.717, 1.165) is 24.0 Å². The molecule has 1 fully saturated rings. The molecule has 2 N–H and O–H groups in total. The first-order valence-corrected chi connectivity index (χ1v) is 11.0. The second-order valence-corrected chi connectivity index (χ2v) is 8.70. The average molecular weight is 462 g/mol. The molecule has 0 spiro atoms. The molecule has 1 aliphatic rings. The first-order chi connectivity index (χ1) is 16.4. The Kier molecular flexibility index (Phi) is 5.56. The summed E-state index contributed by atoms with van der Waals surface area (Å²) in [5, 5.41) is 8.49. The van der Waals surface area contributed by atoms with Gasteiger partial charge < -0.3 is 15.2 Å². The number of hydrogen-bond acceptors (Lipinski definition) is 7. The zero-order chi connectivity index (χ0) is 23.8. The van der Waals surface area contributed by atoms with Gasteiger partial charge in [0.15, 0.2) is 17.5 Å². The van der Waals surface area contributed by atoms with Gasteiger partial charge in [-0.3, -0.25) is 9.48 Å². The van der Waals surface area contributed by atoms with E-state index in [1.54, 1.807) is 37.4 Å². The van der Waals surface area contributed by atoms with E-state index in [-0.39, 0.29) is 24.2 Å². The van der Waals surface area contributed by atoms with E-state index >= 15 is 0 Å². The van der Waals surface area contributed by atoms with Crippen LogP contribution in [0.15, 0.2) is 53.4 Å². The molecule has 1 aliphatic carbocycles. The number of hydrogen-bond donors (Lipinski definition) is 1. The van der Waals surface area contributed by atoms with Gasteiger partial charge in [0.05, 0.1) is 17.7 Å². The molecule has 0 aliphatic heterocycles. The Morgan fingerprint density at radius 2 is 1.97 bits per heavy atom. The van der Waals surface area contributed by atoms with Gasteiger partial charge >= 0.3 is 0 Å². The van der Waals surface area contributed by atoms with Gasteiger partial charge in [-0.15, -0.1) is 0 Å². The molecule has 0 saturated heterocycles. The van der Waals surface area contributed by atoms with Crippen LogP contribution in [0.5, 0.6) is 0 Å². The van der Waals surface area contributed by atoms with Crippen molar-refractivity contribution in [3.05, 3.63) is 66.1 Å². The minimum atomic E-state index is -0.536. The SMILES string of the molecule is CN(C)C(=O)Cn1cc(-c2nc(C(c3ccc(-c4cnc(N)c(F)c4)cc3)C3CC3)no2)cn1. The zero-order valence-electron chi connectivity index (χ0n) is 18.8. The lowest BCUT2D eigenvalue weighted by Gasteiger charge is -2.13. The zero-order valence-corrected chi connectivity index (χ0v) is 18.8. The van der Waals surface area contributed by atoms with Crippen LogP contribution in [0.1, 0.15) is 30.1 Å². The third kappa shape index (κ3) is 4.39. The summed E-state index contributed by atoms with van der Waals surface area (Å²) < 4.78 is 20.9. The van der Waals surface area contributed by atoms with Crippen molar-refractivity contribution in [1.29, 1.82) is 0 Å². The Bertz CT molecular complexity index is 1330. The molecular weight excluding hydrogens is 437 g/mol. The third-order valence-electron chi connectivity index (χ3n) is 5.96. The van der Waals surface area contributed by atoms with Gasteiger partial charge in [0, 0.05) is 32.1 Å². The third-order valence-corrected chi connectivity index (χ3v) is 5.96. The minimum absolute atomic E-state index is 0.00167. The molecule has 34 heavy (non-hydrogen) atoms. The molecule has 0 radical (unpaired) electrons. The van der Waals surface area contributed by atoms with Gasteiger partial charge in [-0.25, -0.2) is 9.37 Å². The first kappa shape index (κ1) is 21.7. The summed E-state index contributed by atoms with van der Waals surface area (Å²) in [5.41, 5.74) is 8.71. The van der Waals surface area contributed by atoms with Crippen LogP contribution >= 0.6 is 0 Å². The Labute approximate surface area is 195 Å². The Hall–Kier alpha value is -4.08. The normalized spacial score (nSPS) is 14.2. The highest BCUT2D eigenvalue weighted by Gasteiger charge is 2.36. The molecule has 3 aromatic heterocycles. The standard InChI is InChI=1S/C24H24FN7O2/c1-31(2)20(33)13-32-12-18(11-28-32)24-29-23(30-34-24)21(16-7-8-16)15-5-3-14(4-6-15)17-9-19(25)22(26)27-10-17/h3-6,9-12,16,21H,7-8,13H2,1-2H3,(H2,26,27). The Balaban J connectivity index is 1.37. The molecule has 5 rings (SSSR count). The summed E-state index contributed by atoms with van der Waals surface area (Å²) in [6.07, 6.45) is 7.08. The molecular formula is C24H24FN7O2. The molecule has 1 atom stereocenters. The van der Waals surface area contributed by atoms with Crippen LogP contribution in [-0.4, -0.2) is 49.8 Å². The van der Waals surface area contributed by atoms with Gasteiger partial charge in [0.25, 0.3) is 5.89 Å². The molecule has 3 heterocycles. The highest BCUT2D eigenvalue weighted by atomic mass is 19.1. The number of pyridine rings is 1. The van der Waals surface area contributed by atoms with E-state index in [1.165, 1.54) is 11.0 Å². The second kappa shape index (κ2) is 8.69.